The van der Waals surface area contributed by atoms with E-state index in [2.05, 4.69) is 20.6 Å². The summed E-state index contributed by atoms with van der Waals surface area (Å²) in [6.07, 6.45) is 4.75. The van der Waals surface area contributed by atoms with Crippen molar-refractivity contribution in [1.29, 1.82) is 0 Å². The maximum absolute atomic E-state index is 12.4. The van der Waals surface area contributed by atoms with E-state index in [1.165, 1.54) is 0 Å². The van der Waals surface area contributed by atoms with Crippen molar-refractivity contribution in [2.45, 2.75) is 25.4 Å². The van der Waals surface area contributed by atoms with E-state index in [9.17, 15) is 9.90 Å². The van der Waals surface area contributed by atoms with E-state index in [0.717, 1.165) is 6.42 Å². The van der Waals surface area contributed by atoms with Crippen molar-refractivity contribution < 1.29 is 14.6 Å². The fraction of sp³-hybridized carbons (Fsp3) is 0.333. The molecule has 0 amide bonds. The third-order valence-corrected chi connectivity index (χ3v) is 4.61. The van der Waals surface area contributed by atoms with Gasteiger partial charge in [0.05, 0.1) is 18.3 Å². The highest BCUT2D eigenvalue weighted by atomic mass is 16.5. The Balaban J connectivity index is 1.71. The van der Waals surface area contributed by atoms with Gasteiger partial charge < -0.3 is 15.2 Å². The van der Waals surface area contributed by atoms with Crippen LogP contribution in [0.4, 0.5) is 17.2 Å². The van der Waals surface area contributed by atoms with Gasteiger partial charge in [-0.05, 0) is 25.5 Å². The van der Waals surface area contributed by atoms with Crippen LogP contribution in [0, 0.1) is 5.92 Å². The van der Waals surface area contributed by atoms with Gasteiger partial charge in [-0.25, -0.2) is 9.48 Å². The average molecular weight is 353 g/mol. The number of esters is 1. The predicted octanol–water partition coefficient (Wildman–Crippen LogP) is 3.48. The standard InChI is InChI=1S/C18H19N5O3/c1-2-26-18(25)14-12-9-6-10-13(12)23-16(19-14)15(17(24)22-23)21-20-11-7-4-3-5-8-11/h3-8,10,12-14,19H,2,9H2,1H3,(H,22,24). The molecule has 4 rings (SSSR count). The summed E-state index contributed by atoms with van der Waals surface area (Å²) in [7, 11) is 0. The third kappa shape index (κ3) is 2.73. The van der Waals surface area contributed by atoms with E-state index in [1.54, 1.807) is 23.7 Å². The Morgan fingerprint density at radius 1 is 1.38 bits per heavy atom. The molecule has 2 N–H and O–H groups in total. The van der Waals surface area contributed by atoms with Gasteiger partial charge in [0.25, 0.3) is 5.88 Å². The second kappa shape index (κ2) is 6.62. The molecule has 0 saturated heterocycles. The van der Waals surface area contributed by atoms with E-state index >= 15 is 0 Å². The predicted molar refractivity (Wildman–Crippen MR) is 94.8 cm³/mol. The fourth-order valence-electron chi connectivity index (χ4n) is 3.43. The molecular formula is C18H19N5O3. The van der Waals surface area contributed by atoms with Crippen LogP contribution in [-0.4, -0.2) is 33.5 Å². The topological polar surface area (TPSA) is 101 Å². The first-order valence-electron chi connectivity index (χ1n) is 8.57. The number of aromatic nitrogens is 2. The number of aromatic hydroxyl groups is 1. The minimum absolute atomic E-state index is 0.0141. The van der Waals surface area contributed by atoms with Crippen LogP contribution in [0.25, 0.3) is 0 Å². The number of fused-ring (bicyclic) bond motifs is 3. The van der Waals surface area contributed by atoms with Gasteiger partial charge in [-0.1, -0.05) is 30.4 Å². The summed E-state index contributed by atoms with van der Waals surface area (Å²) in [5.41, 5.74) is 0.866. The van der Waals surface area contributed by atoms with E-state index < -0.39 is 6.04 Å². The Morgan fingerprint density at radius 3 is 2.96 bits per heavy atom. The quantitative estimate of drug-likeness (QED) is 0.498. The molecule has 2 aliphatic rings. The number of azo groups is 1. The van der Waals surface area contributed by atoms with Gasteiger partial charge in [0.1, 0.15) is 6.04 Å². The lowest BCUT2D eigenvalue weighted by molar-refractivity contribution is -0.145. The van der Waals surface area contributed by atoms with Crippen LogP contribution < -0.4 is 5.32 Å². The minimum atomic E-state index is -0.524. The molecule has 0 saturated carbocycles. The van der Waals surface area contributed by atoms with Crippen LogP contribution in [-0.2, 0) is 9.53 Å². The van der Waals surface area contributed by atoms with E-state index in [1.807, 2.05) is 30.4 Å². The highest BCUT2D eigenvalue weighted by molar-refractivity contribution is 5.83. The Kier molecular flexibility index (Phi) is 4.16. The lowest BCUT2D eigenvalue weighted by Gasteiger charge is -2.34. The summed E-state index contributed by atoms with van der Waals surface area (Å²) in [5, 5.41) is 25.9. The molecule has 0 fully saturated rings. The summed E-state index contributed by atoms with van der Waals surface area (Å²) in [5.74, 6) is -0.0902. The number of carbonyl (C=O) groups excluding carboxylic acids is 1. The molecule has 134 valence electrons. The van der Waals surface area contributed by atoms with E-state index in [0.29, 0.717) is 18.1 Å². The summed E-state index contributed by atoms with van der Waals surface area (Å²) < 4.78 is 6.87. The number of rotatable bonds is 4. The SMILES string of the molecule is CCOC(=O)C1Nc2c(N=Nc3ccccc3)c(O)nn2C2C=CCC12. The lowest BCUT2D eigenvalue weighted by atomic mass is 9.91. The smallest absolute Gasteiger partial charge is 0.328 e. The van der Waals surface area contributed by atoms with Crippen LogP contribution in [0.5, 0.6) is 5.88 Å². The summed E-state index contributed by atoms with van der Waals surface area (Å²) in [6, 6.07) is 8.55. The minimum Gasteiger partial charge on any atom is -0.491 e. The van der Waals surface area contributed by atoms with Crippen molar-refractivity contribution in [3.63, 3.8) is 0 Å². The number of hydrogen-bond donors (Lipinski definition) is 2. The number of nitrogens with zero attached hydrogens (tertiary/aromatic N) is 4. The number of carbonyl (C=O) groups is 1. The van der Waals surface area contributed by atoms with Crippen LogP contribution in [0.2, 0.25) is 0 Å². The number of nitrogens with one attached hydrogen (secondary N) is 1. The Morgan fingerprint density at radius 2 is 2.19 bits per heavy atom. The average Bonchev–Trinajstić information content (AvgIpc) is 3.24. The highest BCUT2D eigenvalue weighted by Gasteiger charge is 2.44. The zero-order valence-electron chi connectivity index (χ0n) is 14.2. The molecule has 1 aliphatic carbocycles. The van der Waals surface area contributed by atoms with Crippen molar-refractivity contribution in [2.75, 3.05) is 11.9 Å². The molecule has 3 unspecified atom stereocenters. The van der Waals surface area contributed by atoms with Crippen molar-refractivity contribution in [3.8, 4) is 5.88 Å². The van der Waals surface area contributed by atoms with Gasteiger partial charge in [-0.2, -0.15) is 5.11 Å². The lowest BCUT2D eigenvalue weighted by Crippen LogP contribution is -2.45. The van der Waals surface area contributed by atoms with Gasteiger partial charge in [-0.15, -0.1) is 10.2 Å². The van der Waals surface area contributed by atoms with E-state index in [4.69, 9.17) is 4.74 Å². The number of anilines is 1. The maximum atomic E-state index is 12.4. The molecule has 8 heteroatoms. The molecule has 2 aromatic rings. The van der Waals surface area contributed by atoms with Crippen LogP contribution in [0.3, 0.4) is 0 Å². The normalized spacial score (nSPS) is 23.5. The Labute approximate surface area is 150 Å². The molecular weight excluding hydrogens is 334 g/mol. The molecule has 26 heavy (non-hydrogen) atoms. The van der Waals surface area contributed by atoms with Gasteiger partial charge >= 0.3 is 5.97 Å². The molecule has 0 bridgehead atoms. The number of allylic oxidation sites excluding steroid dienone is 2. The zero-order valence-corrected chi connectivity index (χ0v) is 14.2. The van der Waals surface area contributed by atoms with Gasteiger partial charge in [-0.3, -0.25) is 0 Å². The zero-order chi connectivity index (χ0) is 18.1. The van der Waals surface area contributed by atoms with Crippen molar-refractivity contribution in [1.82, 2.24) is 9.78 Å². The molecule has 1 aromatic carbocycles. The van der Waals surface area contributed by atoms with Crippen molar-refractivity contribution >= 4 is 23.2 Å². The molecule has 8 nitrogen and oxygen atoms in total. The Bertz CT molecular complexity index is 874. The first kappa shape index (κ1) is 16.3. The number of ether oxygens (including phenoxy) is 1. The van der Waals surface area contributed by atoms with Crippen LogP contribution in [0.15, 0.2) is 52.7 Å². The van der Waals surface area contributed by atoms with Gasteiger partial charge in [0, 0.05) is 5.92 Å². The monoisotopic (exact) mass is 353 g/mol. The first-order valence-corrected chi connectivity index (χ1v) is 8.57. The number of benzene rings is 1. The van der Waals surface area contributed by atoms with Crippen molar-refractivity contribution in [2.24, 2.45) is 16.1 Å². The second-order valence-corrected chi connectivity index (χ2v) is 6.19. The second-order valence-electron chi connectivity index (χ2n) is 6.19. The molecule has 3 atom stereocenters. The fourth-order valence-corrected chi connectivity index (χ4v) is 3.43. The molecule has 0 radical (unpaired) electrons. The van der Waals surface area contributed by atoms with Gasteiger partial charge in [0.15, 0.2) is 11.5 Å². The van der Waals surface area contributed by atoms with Crippen LogP contribution in [0.1, 0.15) is 19.4 Å². The highest BCUT2D eigenvalue weighted by Crippen LogP contribution is 2.46. The van der Waals surface area contributed by atoms with E-state index in [-0.39, 0.29) is 29.5 Å². The molecule has 1 aromatic heterocycles. The van der Waals surface area contributed by atoms with Crippen LogP contribution >= 0.6 is 0 Å². The summed E-state index contributed by atoms with van der Waals surface area (Å²) in [6.45, 7) is 2.09. The largest absolute Gasteiger partial charge is 0.491 e. The molecule has 1 aliphatic heterocycles. The molecule has 2 heterocycles. The maximum Gasteiger partial charge on any atom is 0.328 e. The summed E-state index contributed by atoms with van der Waals surface area (Å²) in [4.78, 5) is 12.4. The third-order valence-electron chi connectivity index (χ3n) is 4.61. The van der Waals surface area contributed by atoms with Gasteiger partial charge in [0.2, 0.25) is 0 Å². The number of hydrogen-bond acceptors (Lipinski definition) is 7. The first-order chi connectivity index (χ1) is 12.7. The Hall–Kier alpha value is -3.16. The summed E-state index contributed by atoms with van der Waals surface area (Å²) >= 11 is 0. The van der Waals surface area contributed by atoms with Crippen molar-refractivity contribution in [3.05, 3.63) is 42.5 Å². The molecule has 0 spiro atoms.